The fraction of sp³-hybridized carbons (Fsp3) is 0.235. The van der Waals surface area contributed by atoms with Crippen LogP contribution in [0.2, 0.25) is 0 Å². The van der Waals surface area contributed by atoms with Crippen molar-refractivity contribution in [2.75, 3.05) is 7.11 Å². The molecule has 25 heavy (non-hydrogen) atoms. The summed E-state index contributed by atoms with van der Waals surface area (Å²) in [5.74, 6) is 1.90. The molecule has 0 aromatic carbocycles. The van der Waals surface area contributed by atoms with Crippen LogP contribution >= 0.6 is 11.8 Å². The number of amides is 1. The molecule has 0 saturated heterocycles. The van der Waals surface area contributed by atoms with Gasteiger partial charge in [0.1, 0.15) is 5.76 Å². The number of nitrogens with zero attached hydrogens (tertiary/aromatic N) is 3. The molecular weight excluding hydrogens is 340 g/mol. The molecule has 3 heterocycles. The second-order valence-electron chi connectivity index (χ2n) is 5.27. The Morgan fingerprint density at radius 2 is 2.20 bits per heavy atom. The maximum Gasteiger partial charge on any atom is 0.287 e. The first kappa shape index (κ1) is 17.1. The lowest BCUT2D eigenvalue weighted by molar-refractivity contribution is 0.0921. The van der Waals surface area contributed by atoms with Gasteiger partial charge < -0.3 is 19.0 Å². The van der Waals surface area contributed by atoms with Gasteiger partial charge in [0.2, 0.25) is 5.88 Å². The Hall–Kier alpha value is -2.74. The molecule has 3 aromatic rings. The van der Waals surface area contributed by atoms with Crippen LogP contribution in [0.25, 0.3) is 0 Å². The van der Waals surface area contributed by atoms with Gasteiger partial charge in [-0.2, -0.15) is 0 Å². The van der Waals surface area contributed by atoms with Gasteiger partial charge in [-0.25, -0.2) is 9.97 Å². The molecule has 130 valence electrons. The number of pyridine rings is 1. The predicted molar refractivity (Wildman–Crippen MR) is 93.4 cm³/mol. The molecule has 3 rings (SSSR count). The largest absolute Gasteiger partial charge is 0.481 e. The number of hydrogen-bond acceptors (Lipinski definition) is 6. The third kappa shape index (κ3) is 4.42. The Labute approximate surface area is 149 Å². The van der Waals surface area contributed by atoms with Gasteiger partial charge in [0.15, 0.2) is 10.9 Å². The Morgan fingerprint density at radius 1 is 1.32 bits per heavy atom. The maximum atomic E-state index is 12.2. The van der Waals surface area contributed by atoms with Crippen molar-refractivity contribution in [1.82, 2.24) is 19.9 Å². The zero-order valence-electron chi connectivity index (χ0n) is 13.9. The van der Waals surface area contributed by atoms with Crippen molar-refractivity contribution in [2.24, 2.45) is 7.05 Å². The summed E-state index contributed by atoms with van der Waals surface area (Å²) < 4.78 is 12.5. The van der Waals surface area contributed by atoms with Gasteiger partial charge in [-0.15, -0.1) is 0 Å². The molecule has 0 saturated carbocycles. The number of ether oxygens (including phenoxy) is 1. The van der Waals surface area contributed by atoms with E-state index in [4.69, 9.17) is 9.15 Å². The van der Waals surface area contributed by atoms with Crippen LogP contribution < -0.4 is 10.1 Å². The van der Waals surface area contributed by atoms with Gasteiger partial charge in [-0.05, 0) is 17.7 Å². The van der Waals surface area contributed by atoms with E-state index in [1.54, 1.807) is 49.5 Å². The third-order valence-electron chi connectivity index (χ3n) is 3.47. The van der Waals surface area contributed by atoms with Crippen LogP contribution in [0.15, 0.2) is 52.4 Å². The summed E-state index contributed by atoms with van der Waals surface area (Å²) in [4.78, 5) is 20.5. The summed E-state index contributed by atoms with van der Waals surface area (Å²) in [6.07, 6.45) is 5.30. The number of rotatable bonds is 7. The van der Waals surface area contributed by atoms with Gasteiger partial charge in [0, 0.05) is 38.2 Å². The number of aromatic nitrogens is 3. The maximum absolute atomic E-state index is 12.2. The Kier molecular flexibility index (Phi) is 5.39. The third-order valence-corrected chi connectivity index (χ3v) is 4.55. The molecule has 7 nitrogen and oxygen atoms in total. The number of hydrogen-bond donors (Lipinski definition) is 1. The van der Waals surface area contributed by atoms with Crippen molar-refractivity contribution >= 4 is 17.7 Å². The molecule has 0 unspecified atom stereocenters. The van der Waals surface area contributed by atoms with Gasteiger partial charge >= 0.3 is 0 Å². The van der Waals surface area contributed by atoms with E-state index in [0.29, 0.717) is 18.2 Å². The molecule has 0 aliphatic heterocycles. The Morgan fingerprint density at radius 3 is 2.88 bits per heavy atom. The zero-order valence-corrected chi connectivity index (χ0v) is 14.7. The molecule has 0 radical (unpaired) electrons. The number of carbonyl (C=O) groups excluding carboxylic acids is 1. The molecule has 0 atom stereocenters. The number of imidazole rings is 1. The fourth-order valence-corrected chi connectivity index (χ4v) is 2.94. The Bertz CT molecular complexity index is 842. The molecule has 0 aliphatic rings. The van der Waals surface area contributed by atoms with Crippen LogP contribution in [0.5, 0.6) is 5.88 Å². The summed E-state index contributed by atoms with van der Waals surface area (Å²) in [7, 11) is 3.49. The summed E-state index contributed by atoms with van der Waals surface area (Å²) in [6, 6.07) is 7.08. The lowest BCUT2D eigenvalue weighted by Gasteiger charge is -2.04. The molecule has 1 N–H and O–H groups in total. The van der Waals surface area contributed by atoms with E-state index in [1.807, 2.05) is 23.9 Å². The lowest BCUT2D eigenvalue weighted by atomic mass is 10.3. The average molecular weight is 358 g/mol. The summed E-state index contributed by atoms with van der Waals surface area (Å²) in [5.41, 5.74) is 0.881. The van der Waals surface area contributed by atoms with Crippen molar-refractivity contribution in [1.29, 1.82) is 0 Å². The number of thioether (sulfide) groups is 1. The van der Waals surface area contributed by atoms with E-state index in [9.17, 15) is 4.79 Å². The van der Waals surface area contributed by atoms with E-state index in [1.165, 1.54) is 0 Å². The molecule has 0 spiro atoms. The topological polar surface area (TPSA) is 82.2 Å². The quantitative estimate of drug-likeness (QED) is 0.654. The molecule has 1 amide bonds. The second kappa shape index (κ2) is 7.89. The van der Waals surface area contributed by atoms with Crippen molar-refractivity contribution < 1.29 is 13.9 Å². The first-order valence-electron chi connectivity index (χ1n) is 7.61. The number of carbonyl (C=O) groups is 1. The van der Waals surface area contributed by atoms with Gasteiger partial charge in [0.05, 0.1) is 12.9 Å². The number of furan rings is 1. The molecule has 3 aromatic heterocycles. The van der Waals surface area contributed by atoms with E-state index >= 15 is 0 Å². The standard InChI is InChI=1S/C17H18N4O3S/c1-21-8-7-18-17(21)25-11-13-4-5-14(24-13)16(22)20-10-12-3-6-15(23-2)19-9-12/h3-9H,10-11H2,1-2H3,(H,20,22). The summed E-state index contributed by atoms with van der Waals surface area (Å²) in [5, 5.41) is 3.71. The van der Waals surface area contributed by atoms with Crippen molar-refractivity contribution in [3.63, 3.8) is 0 Å². The predicted octanol–water partition coefficient (Wildman–Crippen LogP) is 2.64. The van der Waals surface area contributed by atoms with Crippen molar-refractivity contribution in [2.45, 2.75) is 17.5 Å². The number of aryl methyl sites for hydroxylation is 1. The van der Waals surface area contributed by atoms with Gasteiger partial charge in [-0.3, -0.25) is 4.79 Å². The average Bonchev–Trinajstić information content (AvgIpc) is 3.27. The number of nitrogens with one attached hydrogen (secondary N) is 1. The highest BCUT2D eigenvalue weighted by molar-refractivity contribution is 7.98. The van der Waals surface area contributed by atoms with Crippen LogP contribution in [0.4, 0.5) is 0 Å². The Balaban J connectivity index is 1.52. The second-order valence-corrected chi connectivity index (χ2v) is 6.21. The first-order valence-corrected chi connectivity index (χ1v) is 8.60. The summed E-state index contributed by atoms with van der Waals surface area (Å²) in [6.45, 7) is 0.369. The van der Waals surface area contributed by atoms with E-state index in [2.05, 4.69) is 15.3 Å². The SMILES string of the molecule is COc1ccc(CNC(=O)c2ccc(CSc3nccn3C)o2)cn1. The molecule has 0 bridgehead atoms. The van der Waals surface area contributed by atoms with E-state index < -0.39 is 0 Å². The van der Waals surface area contributed by atoms with Crippen LogP contribution in [0.1, 0.15) is 21.9 Å². The monoisotopic (exact) mass is 358 g/mol. The molecular formula is C17H18N4O3S. The van der Waals surface area contributed by atoms with E-state index in [-0.39, 0.29) is 11.7 Å². The minimum Gasteiger partial charge on any atom is -0.481 e. The normalized spacial score (nSPS) is 10.6. The zero-order chi connectivity index (χ0) is 17.6. The molecule has 0 fully saturated rings. The number of methoxy groups -OCH3 is 1. The fourth-order valence-electron chi connectivity index (χ4n) is 2.11. The minimum absolute atomic E-state index is 0.260. The van der Waals surface area contributed by atoms with Crippen molar-refractivity contribution in [3.8, 4) is 5.88 Å². The van der Waals surface area contributed by atoms with Gasteiger partial charge in [0.25, 0.3) is 5.91 Å². The minimum atomic E-state index is -0.260. The highest BCUT2D eigenvalue weighted by Gasteiger charge is 2.12. The van der Waals surface area contributed by atoms with Crippen molar-refractivity contribution in [3.05, 3.63) is 59.9 Å². The smallest absolute Gasteiger partial charge is 0.287 e. The summed E-state index contributed by atoms with van der Waals surface area (Å²) >= 11 is 1.55. The van der Waals surface area contributed by atoms with Crippen LogP contribution in [-0.4, -0.2) is 27.6 Å². The first-order chi connectivity index (χ1) is 12.2. The van der Waals surface area contributed by atoms with Gasteiger partial charge in [-0.1, -0.05) is 17.8 Å². The van der Waals surface area contributed by atoms with Crippen LogP contribution in [0, 0.1) is 0 Å². The molecule has 0 aliphatic carbocycles. The lowest BCUT2D eigenvalue weighted by Crippen LogP contribution is -2.22. The highest BCUT2D eigenvalue weighted by Crippen LogP contribution is 2.21. The highest BCUT2D eigenvalue weighted by atomic mass is 32.2. The van der Waals surface area contributed by atoms with Crippen LogP contribution in [0.3, 0.4) is 0 Å². The van der Waals surface area contributed by atoms with E-state index in [0.717, 1.165) is 16.5 Å². The molecule has 8 heteroatoms. The van der Waals surface area contributed by atoms with Crippen LogP contribution in [-0.2, 0) is 19.3 Å².